The molecule has 2 N–H and O–H groups in total. The van der Waals surface area contributed by atoms with Crippen molar-refractivity contribution < 1.29 is 19.1 Å². The minimum absolute atomic E-state index is 0.0514. The van der Waals surface area contributed by atoms with E-state index in [1.165, 1.54) is 0 Å². The Balaban J connectivity index is 1.67. The van der Waals surface area contributed by atoms with Gasteiger partial charge in [0.1, 0.15) is 0 Å². The van der Waals surface area contributed by atoms with Crippen LogP contribution in [0.3, 0.4) is 0 Å². The molecular formula is C11H17N3O4. The number of nitrogens with one attached hydrogen (secondary N) is 2. The zero-order valence-electron chi connectivity index (χ0n) is 10.1. The summed E-state index contributed by atoms with van der Waals surface area (Å²) in [4.78, 5) is 35.7. The van der Waals surface area contributed by atoms with Crippen molar-refractivity contribution >= 4 is 17.7 Å². The van der Waals surface area contributed by atoms with Crippen molar-refractivity contribution in [1.29, 1.82) is 0 Å². The Labute approximate surface area is 105 Å². The van der Waals surface area contributed by atoms with E-state index in [1.807, 2.05) is 0 Å². The van der Waals surface area contributed by atoms with Gasteiger partial charge >= 0.3 is 0 Å². The number of rotatable bonds is 4. The highest BCUT2D eigenvalue weighted by atomic mass is 16.5. The normalized spacial score (nSPS) is 24.2. The summed E-state index contributed by atoms with van der Waals surface area (Å²) in [6, 6.07) is -0.491. The van der Waals surface area contributed by atoms with E-state index in [1.54, 1.807) is 4.90 Å². The first-order chi connectivity index (χ1) is 8.66. The first-order valence-corrected chi connectivity index (χ1v) is 6.09. The Morgan fingerprint density at radius 3 is 2.72 bits per heavy atom. The molecule has 2 aliphatic heterocycles. The van der Waals surface area contributed by atoms with Crippen molar-refractivity contribution in [1.82, 2.24) is 15.5 Å². The molecule has 7 nitrogen and oxygen atoms in total. The molecular weight excluding hydrogens is 238 g/mol. The van der Waals surface area contributed by atoms with Crippen molar-refractivity contribution in [2.24, 2.45) is 0 Å². The number of imide groups is 1. The van der Waals surface area contributed by atoms with Crippen LogP contribution in [0.1, 0.15) is 12.8 Å². The molecule has 0 aromatic carbocycles. The number of ether oxygens (including phenoxy) is 1. The van der Waals surface area contributed by atoms with Gasteiger partial charge in [0.05, 0.1) is 25.7 Å². The van der Waals surface area contributed by atoms with Crippen LogP contribution in [0.4, 0.5) is 0 Å². The molecule has 0 radical (unpaired) electrons. The Morgan fingerprint density at radius 2 is 2.11 bits per heavy atom. The monoisotopic (exact) mass is 255 g/mol. The highest BCUT2D eigenvalue weighted by Gasteiger charge is 2.30. The quantitative estimate of drug-likeness (QED) is 0.581. The lowest BCUT2D eigenvalue weighted by Crippen LogP contribution is -2.43. The third-order valence-electron chi connectivity index (χ3n) is 3.06. The molecule has 2 aliphatic rings. The average molecular weight is 255 g/mol. The van der Waals surface area contributed by atoms with Gasteiger partial charge in [-0.05, 0) is 0 Å². The van der Waals surface area contributed by atoms with Crippen LogP contribution in [-0.4, -0.2) is 61.5 Å². The highest BCUT2D eigenvalue weighted by molar-refractivity contribution is 6.05. The smallest absolute Gasteiger partial charge is 0.244 e. The number of carbonyl (C=O) groups is 3. The van der Waals surface area contributed by atoms with E-state index in [9.17, 15) is 14.4 Å². The van der Waals surface area contributed by atoms with Crippen LogP contribution in [0.5, 0.6) is 0 Å². The fourth-order valence-electron chi connectivity index (χ4n) is 2.04. The van der Waals surface area contributed by atoms with Crippen molar-refractivity contribution in [3.63, 3.8) is 0 Å². The van der Waals surface area contributed by atoms with E-state index in [0.717, 1.165) is 0 Å². The zero-order chi connectivity index (χ0) is 13.0. The lowest BCUT2D eigenvalue weighted by atomic mass is 10.2. The zero-order valence-corrected chi connectivity index (χ0v) is 10.1. The number of carbonyl (C=O) groups excluding carboxylic acids is 3. The number of hydrogen-bond acceptors (Lipinski definition) is 5. The van der Waals surface area contributed by atoms with Gasteiger partial charge in [0.2, 0.25) is 17.7 Å². The maximum absolute atomic E-state index is 11.8. The highest BCUT2D eigenvalue weighted by Crippen LogP contribution is 2.03. The molecule has 2 saturated heterocycles. The van der Waals surface area contributed by atoms with Gasteiger partial charge in [0, 0.05) is 26.1 Å². The first-order valence-electron chi connectivity index (χ1n) is 6.09. The summed E-state index contributed by atoms with van der Waals surface area (Å²) in [5, 5.41) is 5.14. The van der Waals surface area contributed by atoms with Crippen molar-refractivity contribution in [3.05, 3.63) is 0 Å². The van der Waals surface area contributed by atoms with Gasteiger partial charge in [-0.25, -0.2) is 0 Å². The second-order valence-corrected chi connectivity index (χ2v) is 4.37. The standard InChI is InChI=1S/C11H17N3O4/c15-9-7-8(11(17)13-9)12-2-1-10(16)14-3-5-18-6-4-14/h8,12H,1-7H2,(H,13,15,17). The molecule has 100 valence electrons. The predicted molar refractivity (Wildman–Crippen MR) is 61.6 cm³/mol. The largest absolute Gasteiger partial charge is 0.378 e. The number of morpholine rings is 1. The molecule has 1 unspecified atom stereocenters. The molecule has 0 spiro atoms. The molecule has 3 amide bonds. The predicted octanol–water partition coefficient (Wildman–Crippen LogP) is -1.76. The summed E-state index contributed by atoms with van der Waals surface area (Å²) in [6.07, 6.45) is 0.489. The Bertz CT molecular complexity index is 352. The molecule has 18 heavy (non-hydrogen) atoms. The SMILES string of the molecule is O=C1CC(NCCC(=O)N2CCOCC2)C(=O)N1. The summed E-state index contributed by atoms with van der Waals surface area (Å²) >= 11 is 0. The third kappa shape index (κ3) is 3.27. The molecule has 1 atom stereocenters. The molecule has 0 aliphatic carbocycles. The molecule has 0 bridgehead atoms. The summed E-state index contributed by atoms with van der Waals surface area (Å²) in [6.45, 7) is 2.82. The van der Waals surface area contributed by atoms with Gasteiger partial charge in [-0.15, -0.1) is 0 Å². The third-order valence-corrected chi connectivity index (χ3v) is 3.06. The van der Waals surface area contributed by atoms with Crippen molar-refractivity contribution in [2.45, 2.75) is 18.9 Å². The molecule has 7 heteroatoms. The van der Waals surface area contributed by atoms with Gasteiger partial charge in [-0.2, -0.15) is 0 Å². The topological polar surface area (TPSA) is 87.7 Å². The van der Waals surface area contributed by atoms with E-state index in [0.29, 0.717) is 39.3 Å². The van der Waals surface area contributed by atoms with Gasteiger partial charge in [-0.3, -0.25) is 19.7 Å². The lowest BCUT2D eigenvalue weighted by Gasteiger charge is -2.27. The molecule has 2 rings (SSSR count). The summed E-state index contributed by atoms with van der Waals surface area (Å²) in [5.41, 5.74) is 0. The number of nitrogens with zero attached hydrogens (tertiary/aromatic N) is 1. The van der Waals surface area contributed by atoms with E-state index in [-0.39, 0.29) is 24.1 Å². The fourth-order valence-corrected chi connectivity index (χ4v) is 2.04. The lowest BCUT2D eigenvalue weighted by molar-refractivity contribution is -0.135. The second-order valence-electron chi connectivity index (χ2n) is 4.37. The van der Waals surface area contributed by atoms with E-state index < -0.39 is 6.04 Å². The van der Waals surface area contributed by atoms with Crippen LogP contribution < -0.4 is 10.6 Å². The summed E-state index contributed by atoms with van der Waals surface area (Å²) in [7, 11) is 0. The average Bonchev–Trinajstić information content (AvgIpc) is 2.69. The van der Waals surface area contributed by atoms with E-state index in [4.69, 9.17) is 4.74 Å². The number of hydrogen-bond donors (Lipinski definition) is 2. The Hall–Kier alpha value is -1.47. The number of amides is 3. The van der Waals surface area contributed by atoms with Crippen LogP contribution >= 0.6 is 0 Å². The van der Waals surface area contributed by atoms with Gasteiger partial charge in [-0.1, -0.05) is 0 Å². The summed E-state index contributed by atoms with van der Waals surface area (Å²) in [5.74, 6) is -0.522. The Morgan fingerprint density at radius 1 is 1.39 bits per heavy atom. The van der Waals surface area contributed by atoms with Crippen molar-refractivity contribution in [2.75, 3.05) is 32.8 Å². The van der Waals surface area contributed by atoms with Gasteiger partial charge in [0.15, 0.2) is 0 Å². The van der Waals surface area contributed by atoms with E-state index in [2.05, 4.69) is 10.6 Å². The maximum Gasteiger partial charge on any atom is 0.244 e. The minimum atomic E-state index is -0.491. The van der Waals surface area contributed by atoms with Crippen LogP contribution in [0, 0.1) is 0 Å². The van der Waals surface area contributed by atoms with E-state index >= 15 is 0 Å². The minimum Gasteiger partial charge on any atom is -0.378 e. The van der Waals surface area contributed by atoms with Gasteiger partial charge < -0.3 is 15.0 Å². The van der Waals surface area contributed by atoms with Crippen molar-refractivity contribution in [3.8, 4) is 0 Å². The molecule has 0 aromatic heterocycles. The molecule has 2 fully saturated rings. The maximum atomic E-state index is 11.8. The van der Waals surface area contributed by atoms with Crippen LogP contribution in [-0.2, 0) is 19.1 Å². The first kappa shape index (κ1) is 13.0. The molecule has 2 heterocycles. The molecule has 0 saturated carbocycles. The van der Waals surface area contributed by atoms with Gasteiger partial charge in [0.25, 0.3) is 0 Å². The summed E-state index contributed by atoms with van der Waals surface area (Å²) < 4.78 is 5.16. The van der Waals surface area contributed by atoms with Crippen LogP contribution in [0.2, 0.25) is 0 Å². The fraction of sp³-hybridized carbons (Fsp3) is 0.727. The second kappa shape index (κ2) is 5.92. The Kier molecular flexibility index (Phi) is 4.27. The van der Waals surface area contributed by atoms with Crippen LogP contribution in [0.25, 0.3) is 0 Å². The van der Waals surface area contributed by atoms with Crippen LogP contribution in [0.15, 0.2) is 0 Å². The molecule has 0 aromatic rings.